The zero-order valence-electron chi connectivity index (χ0n) is 11.7. The van der Waals surface area contributed by atoms with E-state index in [1.807, 2.05) is 32.0 Å². The molecule has 0 aliphatic carbocycles. The first-order valence-electron chi connectivity index (χ1n) is 6.34. The summed E-state index contributed by atoms with van der Waals surface area (Å²) in [4.78, 5) is 23.3. The lowest BCUT2D eigenvalue weighted by Gasteiger charge is -2.11. The minimum atomic E-state index is -1.25. The van der Waals surface area contributed by atoms with Crippen LogP contribution in [-0.2, 0) is 0 Å². The number of carbonyl (C=O) groups is 2. The van der Waals surface area contributed by atoms with E-state index in [-0.39, 0.29) is 17.2 Å². The predicted molar refractivity (Wildman–Crippen MR) is 78.9 cm³/mol. The van der Waals surface area contributed by atoms with Gasteiger partial charge in [-0.2, -0.15) is 0 Å². The molecule has 0 radical (unpaired) electrons. The van der Waals surface area contributed by atoms with Crippen molar-refractivity contribution in [2.24, 2.45) is 0 Å². The summed E-state index contributed by atoms with van der Waals surface area (Å²) < 4.78 is 0. The van der Waals surface area contributed by atoms with Gasteiger partial charge in [0.1, 0.15) is 11.3 Å². The van der Waals surface area contributed by atoms with Crippen LogP contribution in [0.25, 0.3) is 0 Å². The number of nitrogens with one attached hydrogen (secondary N) is 1. The summed E-state index contributed by atoms with van der Waals surface area (Å²) in [6.07, 6.45) is 0. The van der Waals surface area contributed by atoms with Crippen molar-refractivity contribution in [3.8, 4) is 5.75 Å². The number of hydrogen-bond donors (Lipinski definition) is 3. The molecule has 5 nitrogen and oxygen atoms in total. The minimum Gasteiger partial charge on any atom is -0.507 e. The van der Waals surface area contributed by atoms with Gasteiger partial charge in [0.15, 0.2) is 0 Å². The van der Waals surface area contributed by atoms with Crippen LogP contribution in [0.15, 0.2) is 36.4 Å². The number of anilines is 1. The van der Waals surface area contributed by atoms with Crippen molar-refractivity contribution < 1.29 is 19.8 Å². The molecule has 0 saturated carbocycles. The normalized spacial score (nSPS) is 10.2. The van der Waals surface area contributed by atoms with E-state index in [0.717, 1.165) is 11.1 Å². The number of rotatable bonds is 3. The second-order valence-electron chi connectivity index (χ2n) is 4.76. The number of carboxylic acid groups (broad SMARTS) is 1. The Balaban J connectivity index is 2.32. The van der Waals surface area contributed by atoms with Crippen molar-refractivity contribution in [2.45, 2.75) is 13.8 Å². The maximum atomic E-state index is 12.3. The van der Waals surface area contributed by atoms with Gasteiger partial charge in [-0.15, -0.1) is 0 Å². The molecule has 5 heteroatoms. The van der Waals surface area contributed by atoms with E-state index in [4.69, 9.17) is 5.11 Å². The molecule has 0 saturated heterocycles. The third kappa shape index (κ3) is 3.02. The molecule has 108 valence electrons. The van der Waals surface area contributed by atoms with Gasteiger partial charge in [-0.25, -0.2) is 4.79 Å². The summed E-state index contributed by atoms with van der Waals surface area (Å²) in [5.74, 6) is -1.91. The summed E-state index contributed by atoms with van der Waals surface area (Å²) in [7, 11) is 0. The largest absolute Gasteiger partial charge is 0.507 e. The molecule has 3 N–H and O–H groups in total. The van der Waals surface area contributed by atoms with Gasteiger partial charge in [0, 0.05) is 11.3 Å². The Kier molecular flexibility index (Phi) is 3.93. The summed E-state index contributed by atoms with van der Waals surface area (Å²) in [5.41, 5.74) is 2.30. The fraction of sp³-hybridized carbons (Fsp3) is 0.125. The Bertz CT molecular complexity index is 702. The van der Waals surface area contributed by atoms with Crippen LogP contribution >= 0.6 is 0 Å². The molecule has 2 aromatic carbocycles. The lowest BCUT2D eigenvalue weighted by molar-refractivity contribution is 0.0693. The fourth-order valence-electron chi connectivity index (χ4n) is 2.15. The molecular formula is C16H15NO4. The van der Waals surface area contributed by atoms with Crippen molar-refractivity contribution >= 4 is 17.6 Å². The van der Waals surface area contributed by atoms with Gasteiger partial charge in [0.05, 0.1) is 0 Å². The molecule has 0 aromatic heterocycles. The van der Waals surface area contributed by atoms with Crippen molar-refractivity contribution in [3.63, 3.8) is 0 Å². The SMILES string of the molecule is Cc1cccc(C)c1C(=O)Nc1ccc(O)c(C(=O)O)c1. The smallest absolute Gasteiger partial charge is 0.339 e. The van der Waals surface area contributed by atoms with E-state index in [9.17, 15) is 14.7 Å². The molecule has 0 spiro atoms. The van der Waals surface area contributed by atoms with Crippen molar-refractivity contribution in [1.29, 1.82) is 0 Å². The number of amides is 1. The highest BCUT2D eigenvalue weighted by atomic mass is 16.4. The van der Waals surface area contributed by atoms with Gasteiger partial charge in [-0.1, -0.05) is 18.2 Å². The maximum Gasteiger partial charge on any atom is 0.339 e. The molecule has 0 aliphatic heterocycles. The topological polar surface area (TPSA) is 86.6 Å². The molecule has 2 aromatic rings. The molecule has 0 heterocycles. The maximum absolute atomic E-state index is 12.3. The molecule has 0 unspecified atom stereocenters. The molecule has 0 fully saturated rings. The Labute approximate surface area is 121 Å². The molecule has 0 atom stereocenters. The lowest BCUT2D eigenvalue weighted by atomic mass is 10.0. The molecule has 2 rings (SSSR count). The molecule has 21 heavy (non-hydrogen) atoms. The highest BCUT2D eigenvalue weighted by Gasteiger charge is 2.14. The lowest BCUT2D eigenvalue weighted by Crippen LogP contribution is -2.15. The van der Waals surface area contributed by atoms with E-state index in [2.05, 4.69) is 5.32 Å². The summed E-state index contributed by atoms with van der Waals surface area (Å²) in [5, 5.41) is 21.1. The van der Waals surface area contributed by atoms with E-state index >= 15 is 0 Å². The van der Waals surface area contributed by atoms with Gasteiger partial charge in [-0.3, -0.25) is 4.79 Å². The number of benzene rings is 2. The Morgan fingerprint density at radius 3 is 2.24 bits per heavy atom. The van der Waals surface area contributed by atoms with E-state index in [1.165, 1.54) is 18.2 Å². The molecule has 0 bridgehead atoms. The van der Waals surface area contributed by atoms with E-state index in [1.54, 1.807) is 0 Å². The Morgan fingerprint density at radius 1 is 1.05 bits per heavy atom. The average Bonchev–Trinajstić information content (AvgIpc) is 2.40. The predicted octanol–water partition coefficient (Wildman–Crippen LogP) is 2.96. The highest BCUT2D eigenvalue weighted by molar-refractivity contribution is 6.06. The molecular weight excluding hydrogens is 270 g/mol. The first kappa shape index (κ1) is 14.6. The van der Waals surface area contributed by atoms with Gasteiger partial charge >= 0.3 is 5.97 Å². The Morgan fingerprint density at radius 2 is 1.67 bits per heavy atom. The summed E-state index contributed by atoms with van der Waals surface area (Å²) in [6, 6.07) is 9.45. The van der Waals surface area contributed by atoms with Crippen LogP contribution in [0, 0.1) is 13.8 Å². The molecule has 1 amide bonds. The zero-order chi connectivity index (χ0) is 15.6. The summed E-state index contributed by atoms with van der Waals surface area (Å²) >= 11 is 0. The second kappa shape index (κ2) is 5.66. The van der Waals surface area contributed by atoms with Crippen molar-refractivity contribution in [1.82, 2.24) is 0 Å². The van der Waals surface area contributed by atoms with Gasteiger partial charge in [-0.05, 0) is 43.2 Å². The highest BCUT2D eigenvalue weighted by Crippen LogP contribution is 2.22. The van der Waals surface area contributed by atoms with Crippen LogP contribution in [0.4, 0.5) is 5.69 Å². The number of phenols is 1. The zero-order valence-corrected chi connectivity index (χ0v) is 11.7. The number of aromatic hydroxyl groups is 1. The van der Waals surface area contributed by atoms with E-state index < -0.39 is 5.97 Å². The van der Waals surface area contributed by atoms with Gasteiger partial charge in [0.25, 0.3) is 5.91 Å². The summed E-state index contributed by atoms with van der Waals surface area (Å²) in [6.45, 7) is 3.67. The van der Waals surface area contributed by atoms with Crippen LogP contribution in [-0.4, -0.2) is 22.1 Å². The monoisotopic (exact) mass is 285 g/mol. The van der Waals surface area contributed by atoms with Crippen molar-refractivity contribution in [3.05, 3.63) is 58.7 Å². The Hall–Kier alpha value is -2.82. The first-order valence-corrected chi connectivity index (χ1v) is 6.34. The number of hydrogen-bond acceptors (Lipinski definition) is 3. The quantitative estimate of drug-likeness (QED) is 0.757. The van der Waals surface area contributed by atoms with Crippen LogP contribution in [0.5, 0.6) is 5.75 Å². The van der Waals surface area contributed by atoms with Crippen LogP contribution in [0.1, 0.15) is 31.8 Å². The fourth-order valence-corrected chi connectivity index (χ4v) is 2.15. The third-order valence-corrected chi connectivity index (χ3v) is 3.19. The average molecular weight is 285 g/mol. The number of carbonyl (C=O) groups excluding carboxylic acids is 1. The van der Waals surface area contributed by atoms with Crippen LogP contribution < -0.4 is 5.32 Å². The number of carboxylic acids is 1. The molecule has 0 aliphatic rings. The number of aryl methyl sites for hydroxylation is 2. The standard InChI is InChI=1S/C16H15NO4/c1-9-4-3-5-10(2)14(9)15(19)17-11-6-7-13(18)12(8-11)16(20)21/h3-8,18H,1-2H3,(H,17,19)(H,20,21). The first-order chi connectivity index (χ1) is 9.90. The number of aromatic carboxylic acids is 1. The van der Waals surface area contributed by atoms with Gasteiger partial charge in [0.2, 0.25) is 0 Å². The van der Waals surface area contributed by atoms with Crippen LogP contribution in [0.2, 0.25) is 0 Å². The van der Waals surface area contributed by atoms with Crippen LogP contribution in [0.3, 0.4) is 0 Å². The second-order valence-corrected chi connectivity index (χ2v) is 4.76. The van der Waals surface area contributed by atoms with Gasteiger partial charge < -0.3 is 15.5 Å². The van der Waals surface area contributed by atoms with Crippen molar-refractivity contribution in [2.75, 3.05) is 5.32 Å². The van der Waals surface area contributed by atoms with E-state index in [0.29, 0.717) is 11.3 Å². The third-order valence-electron chi connectivity index (χ3n) is 3.19. The minimum absolute atomic E-state index is 0.255.